The van der Waals surface area contributed by atoms with Gasteiger partial charge < -0.3 is 4.74 Å². The van der Waals surface area contributed by atoms with E-state index in [-0.39, 0.29) is 18.0 Å². The van der Waals surface area contributed by atoms with Gasteiger partial charge in [0.15, 0.2) is 0 Å². The summed E-state index contributed by atoms with van der Waals surface area (Å²) in [5.74, 6) is 0.447. The zero-order chi connectivity index (χ0) is 20.9. The number of rotatable bonds is 8. The number of ether oxygens (including phenoxy) is 1. The first-order valence-corrected chi connectivity index (χ1v) is 12.5. The summed E-state index contributed by atoms with van der Waals surface area (Å²) in [6.07, 6.45) is 1.46. The summed E-state index contributed by atoms with van der Waals surface area (Å²) >= 11 is 17.7. The third-order valence-electron chi connectivity index (χ3n) is 5.00. The standard InChI is InChI=1S/C21H24Cl3NO3S/c22-12-1-15-29(26,27)25-13-10-20(11-14-25)28-21(16-2-6-18(23)7-3-16)17-4-8-19(24)9-5-17/h2-9,20-21H,1,10-15H2. The molecule has 0 bridgehead atoms. The van der Waals surface area contributed by atoms with Crippen LogP contribution in [0.15, 0.2) is 48.5 Å². The first-order valence-electron chi connectivity index (χ1n) is 9.59. The van der Waals surface area contributed by atoms with E-state index >= 15 is 0 Å². The fraction of sp³-hybridized carbons (Fsp3) is 0.429. The van der Waals surface area contributed by atoms with E-state index in [1.807, 2.05) is 48.5 Å². The van der Waals surface area contributed by atoms with Crippen molar-refractivity contribution >= 4 is 44.8 Å². The molecule has 0 saturated carbocycles. The molecule has 2 aromatic carbocycles. The van der Waals surface area contributed by atoms with Gasteiger partial charge in [-0.1, -0.05) is 47.5 Å². The van der Waals surface area contributed by atoms with E-state index in [0.29, 0.717) is 48.3 Å². The third-order valence-corrected chi connectivity index (χ3v) is 7.73. The molecule has 0 N–H and O–H groups in total. The topological polar surface area (TPSA) is 46.6 Å². The molecule has 0 aromatic heterocycles. The highest BCUT2D eigenvalue weighted by Crippen LogP contribution is 2.32. The van der Waals surface area contributed by atoms with Crippen molar-refractivity contribution in [1.82, 2.24) is 4.31 Å². The second-order valence-electron chi connectivity index (χ2n) is 7.08. The van der Waals surface area contributed by atoms with Crippen molar-refractivity contribution < 1.29 is 13.2 Å². The van der Waals surface area contributed by atoms with Crippen LogP contribution in [0, 0.1) is 0 Å². The Balaban J connectivity index is 1.71. The lowest BCUT2D eigenvalue weighted by atomic mass is 10.0. The maximum absolute atomic E-state index is 12.4. The van der Waals surface area contributed by atoms with Gasteiger partial charge in [-0.3, -0.25) is 0 Å². The molecular weight excluding hydrogens is 453 g/mol. The molecule has 0 aliphatic carbocycles. The SMILES string of the molecule is O=S(=O)(CCCCl)N1CCC(OC(c2ccc(Cl)cc2)c2ccc(Cl)cc2)CC1. The zero-order valence-corrected chi connectivity index (χ0v) is 19.0. The lowest BCUT2D eigenvalue weighted by Gasteiger charge is -2.33. The first-order chi connectivity index (χ1) is 13.9. The molecular formula is C21H24Cl3NO3S. The number of benzene rings is 2. The Morgan fingerprint density at radius 1 is 0.931 bits per heavy atom. The van der Waals surface area contributed by atoms with E-state index in [0.717, 1.165) is 11.1 Å². The van der Waals surface area contributed by atoms with Gasteiger partial charge >= 0.3 is 0 Å². The Morgan fingerprint density at radius 3 is 1.86 bits per heavy atom. The van der Waals surface area contributed by atoms with Gasteiger partial charge in [0.2, 0.25) is 10.0 Å². The Bertz CT molecular complexity index is 835. The van der Waals surface area contributed by atoms with Crippen molar-refractivity contribution in [2.24, 2.45) is 0 Å². The minimum absolute atomic E-state index is 0.0363. The summed E-state index contributed by atoms with van der Waals surface area (Å²) in [5, 5.41) is 1.33. The van der Waals surface area contributed by atoms with Crippen LogP contribution in [0.3, 0.4) is 0 Å². The van der Waals surface area contributed by atoms with Gasteiger partial charge in [-0.15, -0.1) is 11.6 Å². The Labute approximate surface area is 187 Å². The van der Waals surface area contributed by atoms with Crippen molar-refractivity contribution in [2.75, 3.05) is 24.7 Å². The largest absolute Gasteiger partial charge is 0.365 e. The maximum atomic E-state index is 12.4. The highest BCUT2D eigenvalue weighted by Gasteiger charge is 2.30. The van der Waals surface area contributed by atoms with Crippen LogP contribution in [0.2, 0.25) is 10.0 Å². The molecule has 1 saturated heterocycles. The van der Waals surface area contributed by atoms with Crippen molar-refractivity contribution in [3.05, 3.63) is 69.7 Å². The summed E-state index contributed by atoms with van der Waals surface area (Å²) in [6, 6.07) is 15.2. The van der Waals surface area contributed by atoms with Crippen LogP contribution in [0.1, 0.15) is 36.5 Å². The maximum Gasteiger partial charge on any atom is 0.214 e. The Morgan fingerprint density at radius 2 is 1.41 bits per heavy atom. The van der Waals surface area contributed by atoms with E-state index in [4.69, 9.17) is 39.5 Å². The summed E-state index contributed by atoms with van der Waals surface area (Å²) in [7, 11) is -3.25. The van der Waals surface area contributed by atoms with Gasteiger partial charge in [-0.2, -0.15) is 0 Å². The number of hydrogen-bond acceptors (Lipinski definition) is 3. The average Bonchev–Trinajstić information content (AvgIpc) is 2.72. The van der Waals surface area contributed by atoms with Crippen LogP contribution in [-0.4, -0.2) is 43.5 Å². The molecule has 8 heteroatoms. The number of nitrogens with zero attached hydrogens (tertiary/aromatic N) is 1. The molecule has 1 aliphatic heterocycles. The molecule has 1 aliphatic rings. The lowest BCUT2D eigenvalue weighted by molar-refractivity contribution is -0.0170. The van der Waals surface area contributed by atoms with Crippen LogP contribution in [-0.2, 0) is 14.8 Å². The van der Waals surface area contributed by atoms with Crippen LogP contribution in [0.25, 0.3) is 0 Å². The van der Waals surface area contributed by atoms with Crippen LogP contribution >= 0.6 is 34.8 Å². The van der Waals surface area contributed by atoms with E-state index in [9.17, 15) is 8.42 Å². The van der Waals surface area contributed by atoms with Gasteiger partial charge in [0.1, 0.15) is 6.10 Å². The smallest absolute Gasteiger partial charge is 0.214 e. The van der Waals surface area contributed by atoms with Gasteiger partial charge in [0.05, 0.1) is 11.9 Å². The molecule has 0 spiro atoms. The van der Waals surface area contributed by atoms with Gasteiger partial charge in [0.25, 0.3) is 0 Å². The van der Waals surface area contributed by atoms with Crippen molar-refractivity contribution in [1.29, 1.82) is 0 Å². The molecule has 3 rings (SSSR count). The molecule has 1 heterocycles. The van der Waals surface area contributed by atoms with Gasteiger partial charge in [0, 0.05) is 29.0 Å². The lowest BCUT2D eigenvalue weighted by Crippen LogP contribution is -2.42. The minimum Gasteiger partial charge on any atom is -0.365 e. The van der Waals surface area contributed by atoms with E-state index in [2.05, 4.69) is 0 Å². The van der Waals surface area contributed by atoms with Crippen LogP contribution in [0.5, 0.6) is 0 Å². The average molecular weight is 477 g/mol. The van der Waals surface area contributed by atoms with Crippen molar-refractivity contribution in [3.8, 4) is 0 Å². The minimum atomic E-state index is -3.25. The zero-order valence-electron chi connectivity index (χ0n) is 15.9. The predicted molar refractivity (Wildman–Crippen MR) is 120 cm³/mol. The molecule has 0 atom stereocenters. The van der Waals surface area contributed by atoms with E-state index in [1.54, 1.807) is 4.31 Å². The highest BCUT2D eigenvalue weighted by molar-refractivity contribution is 7.89. The number of halogens is 3. The summed E-state index contributed by atoms with van der Waals surface area (Å²) < 4.78 is 32.8. The summed E-state index contributed by atoms with van der Waals surface area (Å²) in [6.45, 7) is 0.923. The first kappa shape index (κ1) is 22.9. The molecule has 2 aromatic rings. The molecule has 0 unspecified atom stereocenters. The fourth-order valence-corrected chi connectivity index (χ4v) is 5.51. The molecule has 29 heavy (non-hydrogen) atoms. The molecule has 1 fully saturated rings. The monoisotopic (exact) mass is 475 g/mol. The van der Waals surface area contributed by atoms with Crippen LogP contribution < -0.4 is 0 Å². The summed E-state index contributed by atoms with van der Waals surface area (Å²) in [4.78, 5) is 0. The molecule has 0 radical (unpaired) electrons. The number of piperidine rings is 1. The van der Waals surface area contributed by atoms with E-state index < -0.39 is 10.0 Å². The Kier molecular flexibility index (Phi) is 8.25. The predicted octanol–water partition coefficient (Wildman–Crippen LogP) is 5.52. The second kappa shape index (κ2) is 10.5. The number of hydrogen-bond donors (Lipinski definition) is 0. The van der Waals surface area contributed by atoms with Crippen molar-refractivity contribution in [3.63, 3.8) is 0 Å². The third kappa shape index (κ3) is 6.33. The Hall–Kier alpha value is -0.820. The molecule has 4 nitrogen and oxygen atoms in total. The fourth-order valence-electron chi connectivity index (χ4n) is 3.43. The quantitative estimate of drug-likeness (QED) is 0.471. The van der Waals surface area contributed by atoms with Crippen LogP contribution in [0.4, 0.5) is 0 Å². The number of alkyl halides is 1. The van der Waals surface area contributed by atoms with Gasteiger partial charge in [-0.05, 0) is 54.7 Å². The normalized spacial score (nSPS) is 16.4. The molecule has 158 valence electrons. The van der Waals surface area contributed by atoms with E-state index in [1.165, 1.54) is 0 Å². The second-order valence-corrected chi connectivity index (χ2v) is 10.4. The van der Waals surface area contributed by atoms with Crippen molar-refractivity contribution in [2.45, 2.75) is 31.5 Å². The summed E-state index contributed by atoms with van der Waals surface area (Å²) in [5.41, 5.74) is 1.99. The number of sulfonamides is 1. The molecule has 0 amide bonds. The van der Waals surface area contributed by atoms with Gasteiger partial charge in [-0.25, -0.2) is 12.7 Å². The highest BCUT2D eigenvalue weighted by atomic mass is 35.5.